The number of benzene rings is 1. The zero-order valence-electron chi connectivity index (χ0n) is 10.6. The van der Waals surface area contributed by atoms with Gasteiger partial charge >= 0.3 is 0 Å². The number of nitriles is 1. The summed E-state index contributed by atoms with van der Waals surface area (Å²) in [4.78, 5) is 4.90. The molecule has 0 saturated carbocycles. The van der Waals surface area contributed by atoms with Gasteiger partial charge in [-0.2, -0.15) is 5.26 Å². The van der Waals surface area contributed by atoms with Gasteiger partial charge in [-0.15, -0.1) is 11.3 Å². The van der Waals surface area contributed by atoms with Crippen molar-refractivity contribution in [3.05, 3.63) is 34.8 Å². The highest BCUT2D eigenvalue weighted by atomic mass is 32.1. The number of hydrogen-bond acceptors (Lipinski definition) is 4. The first kappa shape index (κ1) is 12.6. The van der Waals surface area contributed by atoms with E-state index in [-0.39, 0.29) is 0 Å². The van der Waals surface area contributed by atoms with E-state index in [0.717, 1.165) is 21.9 Å². The molecule has 92 valence electrons. The summed E-state index contributed by atoms with van der Waals surface area (Å²) in [6, 6.07) is 8.13. The summed E-state index contributed by atoms with van der Waals surface area (Å²) in [5.74, 6) is 1.28. The van der Waals surface area contributed by atoms with E-state index < -0.39 is 0 Å². The average Bonchev–Trinajstić information content (AvgIpc) is 2.86. The van der Waals surface area contributed by atoms with Gasteiger partial charge in [0.15, 0.2) is 0 Å². The second kappa shape index (κ2) is 5.19. The molecular formula is C14H14N2OS. The van der Waals surface area contributed by atoms with E-state index in [1.807, 2.05) is 12.1 Å². The molecule has 1 aromatic carbocycles. The Balaban J connectivity index is 2.46. The van der Waals surface area contributed by atoms with Gasteiger partial charge in [0.2, 0.25) is 0 Å². The van der Waals surface area contributed by atoms with Crippen molar-refractivity contribution in [1.29, 1.82) is 5.26 Å². The van der Waals surface area contributed by atoms with E-state index in [1.54, 1.807) is 13.3 Å². The maximum Gasteiger partial charge on any atom is 0.125 e. The third-order valence-electron chi connectivity index (χ3n) is 2.71. The topological polar surface area (TPSA) is 45.9 Å². The molecule has 0 spiro atoms. The quantitative estimate of drug-likeness (QED) is 0.840. The maximum atomic E-state index is 8.82. The summed E-state index contributed by atoms with van der Waals surface area (Å²) in [5.41, 5.74) is 2.19. The van der Waals surface area contributed by atoms with Gasteiger partial charge in [-0.1, -0.05) is 13.8 Å². The van der Waals surface area contributed by atoms with E-state index in [0.29, 0.717) is 10.8 Å². The first-order chi connectivity index (χ1) is 8.65. The van der Waals surface area contributed by atoms with Gasteiger partial charge in [-0.05, 0) is 29.7 Å². The molecule has 4 heteroatoms. The Morgan fingerprint density at radius 3 is 2.72 bits per heavy atom. The molecule has 0 atom stereocenters. The van der Waals surface area contributed by atoms with Crippen LogP contribution in [0, 0.1) is 11.3 Å². The van der Waals surface area contributed by atoms with E-state index in [1.165, 1.54) is 11.3 Å². The van der Waals surface area contributed by atoms with Crippen molar-refractivity contribution in [3.8, 4) is 22.4 Å². The predicted octanol–water partition coefficient (Wildman–Crippen LogP) is 3.81. The minimum Gasteiger partial charge on any atom is -0.496 e. The summed E-state index contributed by atoms with van der Waals surface area (Å²) in [6.07, 6.45) is 1.61. The summed E-state index contributed by atoms with van der Waals surface area (Å²) >= 11 is 1.41. The number of hydrogen-bond donors (Lipinski definition) is 0. The molecule has 0 aliphatic rings. The van der Waals surface area contributed by atoms with Crippen LogP contribution in [0.25, 0.3) is 10.6 Å². The standard InChI is InChI=1S/C14H14N2OS/c1-9(2)12-6-10(4-5-13(12)17-3)14-16-8-11(7-15)18-14/h4-6,8-9H,1-3H3. The highest BCUT2D eigenvalue weighted by Crippen LogP contribution is 2.32. The summed E-state index contributed by atoms with van der Waals surface area (Å²) in [6.45, 7) is 4.26. The Kier molecular flexibility index (Phi) is 3.63. The molecule has 3 nitrogen and oxygen atoms in total. The molecule has 0 amide bonds. The van der Waals surface area contributed by atoms with Crippen molar-refractivity contribution in [1.82, 2.24) is 4.98 Å². The van der Waals surface area contributed by atoms with Crippen LogP contribution < -0.4 is 4.74 Å². The number of ether oxygens (including phenoxy) is 1. The molecule has 0 aliphatic heterocycles. The molecule has 0 N–H and O–H groups in total. The van der Waals surface area contributed by atoms with Crippen molar-refractivity contribution in [2.75, 3.05) is 7.11 Å². The molecule has 0 saturated heterocycles. The SMILES string of the molecule is COc1ccc(-c2ncc(C#N)s2)cc1C(C)C. The van der Waals surface area contributed by atoms with Crippen LogP contribution in [0.3, 0.4) is 0 Å². The molecule has 0 unspecified atom stereocenters. The Morgan fingerprint density at radius 1 is 1.39 bits per heavy atom. The van der Waals surface area contributed by atoms with E-state index in [2.05, 4.69) is 31.0 Å². The Morgan fingerprint density at radius 2 is 2.17 bits per heavy atom. The van der Waals surface area contributed by atoms with Gasteiger partial charge in [0.05, 0.1) is 13.3 Å². The minimum atomic E-state index is 0.385. The van der Waals surface area contributed by atoms with Crippen LogP contribution in [0.4, 0.5) is 0 Å². The van der Waals surface area contributed by atoms with Crippen LogP contribution >= 0.6 is 11.3 Å². The largest absolute Gasteiger partial charge is 0.496 e. The molecule has 18 heavy (non-hydrogen) atoms. The zero-order valence-corrected chi connectivity index (χ0v) is 11.4. The zero-order chi connectivity index (χ0) is 13.1. The Labute approximate surface area is 111 Å². The number of nitrogens with zero attached hydrogens (tertiary/aromatic N) is 2. The lowest BCUT2D eigenvalue weighted by Gasteiger charge is -2.12. The molecule has 0 fully saturated rings. The lowest BCUT2D eigenvalue weighted by Crippen LogP contribution is -1.94. The minimum absolute atomic E-state index is 0.385. The summed E-state index contributed by atoms with van der Waals surface area (Å²) in [5, 5.41) is 9.69. The molecule has 0 aliphatic carbocycles. The monoisotopic (exact) mass is 258 g/mol. The van der Waals surface area contributed by atoms with Crippen LogP contribution in [0.2, 0.25) is 0 Å². The van der Waals surface area contributed by atoms with Gasteiger partial charge in [0.1, 0.15) is 21.7 Å². The lowest BCUT2D eigenvalue weighted by atomic mass is 10.00. The van der Waals surface area contributed by atoms with E-state index in [9.17, 15) is 0 Å². The second-order valence-electron chi connectivity index (χ2n) is 4.25. The predicted molar refractivity (Wildman–Crippen MR) is 72.9 cm³/mol. The second-order valence-corrected chi connectivity index (χ2v) is 5.28. The van der Waals surface area contributed by atoms with Crippen LogP contribution in [0.5, 0.6) is 5.75 Å². The molecule has 1 heterocycles. The fourth-order valence-corrected chi connectivity index (χ4v) is 2.49. The van der Waals surface area contributed by atoms with Crippen molar-refractivity contribution in [2.24, 2.45) is 0 Å². The van der Waals surface area contributed by atoms with Gasteiger partial charge in [-0.25, -0.2) is 4.98 Å². The Bertz CT molecular complexity index is 596. The van der Waals surface area contributed by atoms with Gasteiger partial charge in [-0.3, -0.25) is 0 Å². The molecule has 2 rings (SSSR count). The third-order valence-corrected chi connectivity index (χ3v) is 3.67. The van der Waals surface area contributed by atoms with E-state index in [4.69, 9.17) is 10.00 Å². The molecule has 2 aromatic rings. The smallest absolute Gasteiger partial charge is 0.125 e. The molecule has 0 radical (unpaired) electrons. The Hall–Kier alpha value is -1.86. The number of rotatable bonds is 3. The average molecular weight is 258 g/mol. The number of methoxy groups -OCH3 is 1. The molecule has 1 aromatic heterocycles. The van der Waals surface area contributed by atoms with Gasteiger partial charge in [0.25, 0.3) is 0 Å². The van der Waals surface area contributed by atoms with Crippen molar-refractivity contribution in [2.45, 2.75) is 19.8 Å². The lowest BCUT2D eigenvalue weighted by molar-refractivity contribution is 0.407. The normalized spacial score (nSPS) is 10.4. The van der Waals surface area contributed by atoms with Crippen LogP contribution in [-0.4, -0.2) is 12.1 Å². The van der Waals surface area contributed by atoms with Crippen LogP contribution in [0.1, 0.15) is 30.2 Å². The van der Waals surface area contributed by atoms with Gasteiger partial charge < -0.3 is 4.74 Å². The van der Waals surface area contributed by atoms with Crippen molar-refractivity contribution >= 4 is 11.3 Å². The van der Waals surface area contributed by atoms with Crippen molar-refractivity contribution in [3.63, 3.8) is 0 Å². The maximum absolute atomic E-state index is 8.82. The first-order valence-electron chi connectivity index (χ1n) is 5.70. The highest BCUT2D eigenvalue weighted by Gasteiger charge is 2.11. The molecular weight excluding hydrogens is 244 g/mol. The van der Waals surface area contributed by atoms with Crippen molar-refractivity contribution < 1.29 is 4.74 Å². The fourth-order valence-electron chi connectivity index (χ4n) is 1.78. The highest BCUT2D eigenvalue weighted by molar-refractivity contribution is 7.15. The number of aromatic nitrogens is 1. The summed E-state index contributed by atoms with van der Waals surface area (Å²) < 4.78 is 5.35. The van der Waals surface area contributed by atoms with Gasteiger partial charge in [0, 0.05) is 5.56 Å². The number of thiazole rings is 1. The van der Waals surface area contributed by atoms with E-state index >= 15 is 0 Å². The third kappa shape index (κ3) is 2.36. The summed E-state index contributed by atoms with van der Waals surface area (Å²) in [7, 11) is 1.68. The first-order valence-corrected chi connectivity index (χ1v) is 6.51. The van der Waals surface area contributed by atoms with Crippen LogP contribution in [0.15, 0.2) is 24.4 Å². The fraction of sp³-hybridized carbons (Fsp3) is 0.286. The van der Waals surface area contributed by atoms with Crippen LogP contribution in [-0.2, 0) is 0 Å². The molecule has 0 bridgehead atoms.